The van der Waals surface area contributed by atoms with Gasteiger partial charge in [0.2, 0.25) is 0 Å². The molecule has 1 heterocycles. The van der Waals surface area contributed by atoms with Crippen LogP contribution >= 0.6 is 11.6 Å². The minimum atomic E-state index is -0.646. The van der Waals surface area contributed by atoms with Crippen LogP contribution in [-0.2, 0) is 13.5 Å². The minimum absolute atomic E-state index is 0.284. The molecule has 2 atom stereocenters. The predicted octanol–water partition coefficient (Wildman–Crippen LogP) is 3.50. The third-order valence-corrected chi connectivity index (χ3v) is 5.24. The summed E-state index contributed by atoms with van der Waals surface area (Å²) in [7, 11) is 1.84. The van der Waals surface area contributed by atoms with Crippen molar-refractivity contribution in [1.82, 2.24) is 9.78 Å². The summed E-state index contributed by atoms with van der Waals surface area (Å²) in [6, 6.07) is 0. The molecule has 19 heavy (non-hydrogen) atoms. The molecule has 108 valence electrons. The van der Waals surface area contributed by atoms with Crippen LogP contribution < -0.4 is 0 Å². The average Bonchev–Trinajstić information content (AvgIpc) is 2.52. The Morgan fingerprint density at radius 1 is 1.42 bits per heavy atom. The van der Waals surface area contributed by atoms with Crippen LogP contribution in [0.4, 0.5) is 0 Å². The molecule has 1 aliphatic rings. The first kappa shape index (κ1) is 14.9. The van der Waals surface area contributed by atoms with Gasteiger partial charge in [-0.25, -0.2) is 0 Å². The van der Waals surface area contributed by atoms with Gasteiger partial charge in [-0.3, -0.25) is 4.68 Å². The van der Waals surface area contributed by atoms with Crippen LogP contribution in [0.5, 0.6) is 0 Å². The fourth-order valence-corrected chi connectivity index (χ4v) is 3.61. The van der Waals surface area contributed by atoms with E-state index in [9.17, 15) is 5.11 Å². The zero-order valence-electron chi connectivity index (χ0n) is 12.6. The maximum atomic E-state index is 11.0. The van der Waals surface area contributed by atoms with Crippen LogP contribution in [-0.4, -0.2) is 20.5 Å². The molecule has 2 rings (SSSR count). The molecule has 3 nitrogen and oxygen atoms in total. The lowest BCUT2D eigenvalue weighted by Crippen LogP contribution is -2.45. The highest BCUT2D eigenvalue weighted by Gasteiger charge is 2.43. The lowest BCUT2D eigenvalue weighted by atomic mass is 9.64. The normalized spacial score (nSPS) is 30.6. The van der Waals surface area contributed by atoms with Crippen LogP contribution in [0.3, 0.4) is 0 Å². The van der Waals surface area contributed by atoms with E-state index in [1.165, 1.54) is 0 Å². The highest BCUT2D eigenvalue weighted by atomic mass is 35.5. The number of hydrogen-bond donors (Lipinski definition) is 1. The monoisotopic (exact) mass is 284 g/mol. The first-order valence-electron chi connectivity index (χ1n) is 7.05. The molecule has 0 bridgehead atoms. The molecule has 0 aliphatic heterocycles. The number of rotatable bonds is 2. The molecular weight excluding hydrogens is 260 g/mol. The van der Waals surface area contributed by atoms with Crippen LogP contribution in [0, 0.1) is 18.3 Å². The zero-order chi connectivity index (χ0) is 14.4. The van der Waals surface area contributed by atoms with Gasteiger partial charge in [0, 0.05) is 19.0 Å². The Bertz CT molecular complexity index is 481. The molecule has 0 saturated heterocycles. The number of aliphatic hydroxyl groups is 1. The summed E-state index contributed by atoms with van der Waals surface area (Å²) < 4.78 is 1.69. The van der Waals surface area contributed by atoms with Gasteiger partial charge in [0.15, 0.2) is 0 Å². The summed E-state index contributed by atoms with van der Waals surface area (Å²) in [6.07, 6.45) is 3.57. The molecule has 1 saturated carbocycles. The van der Waals surface area contributed by atoms with Crippen molar-refractivity contribution in [1.29, 1.82) is 0 Å². The van der Waals surface area contributed by atoms with Crippen LogP contribution in [0.2, 0.25) is 5.15 Å². The zero-order valence-corrected chi connectivity index (χ0v) is 13.4. The first-order chi connectivity index (χ1) is 8.65. The second kappa shape index (κ2) is 4.78. The first-order valence-corrected chi connectivity index (χ1v) is 7.43. The number of aryl methyl sites for hydroxylation is 2. The van der Waals surface area contributed by atoms with E-state index in [1.807, 2.05) is 14.0 Å². The van der Waals surface area contributed by atoms with Gasteiger partial charge in [-0.05, 0) is 37.5 Å². The summed E-state index contributed by atoms with van der Waals surface area (Å²) in [5, 5.41) is 16.0. The summed E-state index contributed by atoms with van der Waals surface area (Å²) in [6.45, 7) is 8.68. The predicted molar refractivity (Wildman–Crippen MR) is 78.4 cm³/mol. The number of aromatic nitrogens is 2. The third kappa shape index (κ3) is 2.82. The Hall–Kier alpha value is -0.540. The highest BCUT2D eigenvalue weighted by molar-refractivity contribution is 6.30. The van der Waals surface area contributed by atoms with Gasteiger partial charge in [0.05, 0.1) is 11.3 Å². The number of halogens is 1. The van der Waals surface area contributed by atoms with E-state index in [4.69, 9.17) is 11.6 Å². The van der Waals surface area contributed by atoms with E-state index in [-0.39, 0.29) is 5.92 Å². The Morgan fingerprint density at radius 3 is 2.53 bits per heavy atom. The Labute approximate surface area is 121 Å². The van der Waals surface area contributed by atoms with Gasteiger partial charge in [-0.2, -0.15) is 5.10 Å². The van der Waals surface area contributed by atoms with Gasteiger partial charge in [-0.15, -0.1) is 0 Å². The maximum Gasteiger partial charge on any atom is 0.130 e. The van der Waals surface area contributed by atoms with E-state index in [0.29, 0.717) is 17.0 Å². The quantitative estimate of drug-likeness (QED) is 0.903. The second-order valence-electron chi connectivity index (χ2n) is 7.03. The van der Waals surface area contributed by atoms with Gasteiger partial charge < -0.3 is 5.11 Å². The summed E-state index contributed by atoms with van der Waals surface area (Å²) in [5.41, 5.74) is 1.61. The molecule has 2 unspecified atom stereocenters. The van der Waals surface area contributed by atoms with Crippen molar-refractivity contribution in [3.05, 3.63) is 16.4 Å². The fraction of sp³-hybridized carbons (Fsp3) is 0.800. The molecule has 1 fully saturated rings. The van der Waals surface area contributed by atoms with Crippen LogP contribution in [0.25, 0.3) is 0 Å². The Morgan fingerprint density at radius 2 is 2.05 bits per heavy atom. The number of nitrogens with zero attached hydrogens (tertiary/aromatic N) is 2. The van der Waals surface area contributed by atoms with Crippen molar-refractivity contribution in [2.75, 3.05) is 0 Å². The lowest BCUT2D eigenvalue weighted by molar-refractivity contribution is -0.0705. The van der Waals surface area contributed by atoms with E-state index in [1.54, 1.807) is 4.68 Å². The standard InChI is InChI=1S/C15H25ClN2O/c1-10-8-14(3,4)6-7-15(10,19)9-12-11(2)17-18(5)13(12)16/h10,19H,6-9H2,1-5H3. The van der Waals surface area contributed by atoms with Crippen molar-refractivity contribution in [3.8, 4) is 0 Å². The smallest absolute Gasteiger partial charge is 0.130 e. The molecule has 1 aliphatic carbocycles. The molecular formula is C15H25ClN2O. The molecule has 0 amide bonds. The van der Waals surface area contributed by atoms with Crippen LogP contribution in [0.15, 0.2) is 0 Å². The van der Waals surface area contributed by atoms with Crippen molar-refractivity contribution in [2.45, 2.75) is 59.0 Å². The van der Waals surface area contributed by atoms with E-state index < -0.39 is 5.60 Å². The second-order valence-corrected chi connectivity index (χ2v) is 7.39. The SMILES string of the molecule is Cc1nn(C)c(Cl)c1CC1(O)CCC(C)(C)CC1C. The molecule has 0 spiro atoms. The Balaban J connectivity index is 2.22. The summed E-state index contributed by atoms with van der Waals surface area (Å²) >= 11 is 6.29. The summed E-state index contributed by atoms with van der Waals surface area (Å²) in [4.78, 5) is 0. The maximum absolute atomic E-state index is 11.0. The van der Waals surface area contributed by atoms with E-state index in [2.05, 4.69) is 25.9 Å². The van der Waals surface area contributed by atoms with Gasteiger partial charge >= 0.3 is 0 Å². The van der Waals surface area contributed by atoms with Crippen molar-refractivity contribution in [2.24, 2.45) is 18.4 Å². The highest BCUT2D eigenvalue weighted by Crippen LogP contribution is 2.45. The fourth-order valence-electron chi connectivity index (χ4n) is 3.37. The molecule has 1 N–H and O–H groups in total. The van der Waals surface area contributed by atoms with Crippen molar-refractivity contribution < 1.29 is 5.11 Å². The molecule has 1 aromatic heterocycles. The lowest BCUT2D eigenvalue weighted by Gasteiger charge is -2.45. The number of hydrogen-bond acceptors (Lipinski definition) is 2. The minimum Gasteiger partial charge on any atom is -0.389 e. The molecule has 0 aromatic carbocycles. The van der Waals surface area contributed by atoms with E-state index in [0.717, 1.165) is 30.5 Å². The topological polar surface area (TPSA) is 38.0 Å². The molecule has 4 heteroatoms. The van der Waals surface area contributed by atoms with Crippen molar-refractivity contribution >= 4 is 11.6 Å². The van der Waals surface area contributed by atoms with Gasteiger partial charge in [0.25, 0.3) is 0 Å². The largest absolute Gasteiger partial charge is 0.389 e. The molecule has 1 aromatic rings. The van der Waals surface area contributed by atoms with Crippen molar-refractivity contribution in [3.63, 3.8) is 0 Å². The van der Waals surface area contributed by atoms with Crippen LogP contribution in [0.1, 0.15) is 51.3 Å². The average molecular weight is 285 g/mol. The summed E-state index contributed by atoms with van der Waals surface area (Å²) in [5.74, 6) is 0.284. The van der Waals surface area contributed by atoms with Gasteiger partial charge in [-0.1, -0.05) is 32.4 Å². The van der Waals surface area contributed by atoms with E-state index >= 15 is 0 Å². The Kier molecular flexibility index (Phi) is 3.74. The van der Waals surface area contributed by atoms with Gasteiger partial charge in [0.1, 0.15) is 5.15 Å². The third-order valence-electron chi connectivity index (χ3n) is 4.76. The molecule has 0 radical (unpaired) electrons.